The van der Waals surface area contributed by atoms with Gasteiger partial charge in [0.15, 0.2) is 5.82 Å². The topological polar surface area (TPSA) is 75.1 Å². The first-order valence-electron chi connectivity index (χ1n) is 10.0. The lowest BCUT2D eigenvalue weighted by molar-refractivity contribution is 0.0641. The predicted molar refractivity (Wildman–Crippen MR) is 108 cm³/mol. The first-order valence-corrected chi connectivity index (χ1v) is 10.0. The second-order valence-corrected chi connectivity index (χ2v) is 7.88. The minimum atomic E-state index is -0.438. The van der Waals surface area contributed by atoms with Crippen LogP contribution in [0.15, 0.2) is 55.2 Å². The number of aromatic nitrogens is 4. The highest BCUT2D eigenvalue weighted by atomic mass is 19.1. The Morgan fingerprint density at radius 3 is 2.50 bits per heavy atom. The minimum Gasteiger partial charge on any atom is -0.341 e. The molecule has 0 aliphatic carbocycles. The number of hydrogen-bond donors (Lipinski definition) is 0. The van der Waals surface area contributed by atoms with E-state index in [0.717, 1.165) is 25.9 Å². The first kappa shape index (κ1) is 18.6. The molecule has 2 aliphatic heterocycles. The van der Waals surface area contributed by atoms with Crippen LogP contribution in [0.4, 0.5) is 10.3 Å². The Bertz CT molecular complexity index is 1050. The summed E-state index contributed by atoms with van der Waals surface area (Å²) in [6.45, 7) is 2.69. The van der Waals surface area contributed by atoms with Crippen molar-refractivity contribution in [3.05, 3.63) is 77.9 Å². The fraction of sp³-hybridized carbons (Fsp3) is 0.318. The Morgan fingerprint density at radius 2 is 1.77 bits per heavy atom. The Hall–Kier alpha value is -3.42. The molecule has 8 heteroatoms. The van der Waals surface area contributed by atoms with Gasteiger partial charge in [-0.05, 0) is 24.0 Å². The molecule has 0 radical (unpaired) electrons. The van der Waals surface area contributed by atoms with Crippen molar-refractivity contribution in [3.63, 3.8) is 0 Å². The van der Waals surface area contributed by atoms with E-state index in [1.807, 2.05) is 11.0 Å². The van der Waals surface area contributed by atoms with E-state index in [0.29, 0.717) is 24.7 Å². The van der Waals surface area contributed by atoms with Crippen LogP contribution in [0.1, 0.15) is 34.5 Å². The van der Waals surface area contributed by atoms with Gasteiger partial charge in [0, 0.05) is 44.0 Å². The third-order valence-corrected chi connectivity index (χ3v) is 6.12. The molecular weight excluding hydrogens is 383 g/mol. The summed E-state index contributed by atoms with van der Waals surface area (Å²) in [5.74, 6) is 0.00992. The Morgan fingerprint density at radius 1 is 1.00 bits per heavy atom. The molecule has 152 valence electrons. The van der Waals surface area contributed by atoms with Crippen LogP contribution in [0, 0.1) is 5.82 Å². The van der Waals surface area contributed by atoms with Crippen molar-refractivity contribution in [2.75, 3.05) is 24.5 Å². The second kappa shape index (κ2) is 7.44. The molecule has 1 fully saturated rings. The lowest BCUT2D eigenvalue weighted by Gasteiger charge is -2.48. The van der Waals surface area contributed by atoms with Crippen LogP contribution >= 0.6 is 0 Å². The summed E-state index contributed by atoms with van der Waals surface area (Å²) in [5.41, 5.74) is 2.72. The highest BCUT2D eigenvalue weighted by molar-refractivity contribution is 5.92. The van der Waals surface area contributed by atoms with Crippen LogP contribution in [0.25, 0.3) is 0 Å². The van der Waals surface area contributed by atoms with E-state index in [4.69, 9.17) is 0 Å². The van der Waals surface area contributed by atoms with E-state index in [2.05, 4.69) is 43.0 Å². The van der Waals surface area contributed by atoms with E-state index >= 15 is 0 Å². The summed E-state index contributed by atoms with van der Waals surface area (Å²) in [6, 6.07) is 8.37. The van der Waals surface area contributed by atoms with Crippen molar-refractivity contribution >= 4 is 11.9 Å². The van der Waals surface area contributed by atoms with Crippen LogP contribution in [-0.2, 0) is 12.0 Å². The number of carbonyl (C=O) groups excluding carboxylic acids is 1. The zero-order chi connectivity index (χ0) is 20.6. The average Bonchev–Trinajstić information content (AvgIpc) is 2.80. The highest BCUT2D eigenvalue weighted by Crippen LogP contribution is 2.42. The summed E-state index contributed by atoms with van der Waals surface area (Å²) in [4.78, 5) is 33.6. The second-order valence-electron chi connectivity index (χ2n) is 7.88. The normalized spacial score (nSPS) is 17.6. The molecular formula is C22H21FN6O. The summed E-state index contributed by atoms with van der Waals surface area (Å²) >= 11 is 0. The molecule has 5 rings (SSSR count). The van der Waals surface area contributed by atoms with Gasteiger partial charge < -0.3 is 9.80 Å². The monoisotopic (exact) mass is 404 g/mol. The zero-order valence-electron chi connectivity index (χ0n) is 16.4. The smallest absolute Gasteiger partial charge is 0.274 e. The fourth-order valence-corrected chi connectivity index (χ4v) is 4.63. The van der Waals surface area contributed by atoms with Crippen molar-refractivity contribution in [1.82, 2.24) is 24.8 Å². The summed E-state index contributed by atoms with van der Waals surface area (Å²) in [7, 11) is 0. The summed E-state index contributed by atoms with van der Waals surface area (Å²) in [6.07, 6.45) is 8.74. The third kappa shape index (κ3) is 3.28. The molecule has 4 heterocycles. The van der Waals surface area contributed by atoms with Crippen LogP contribution in [-0.4, -0.2) is 50.4 Å². The number of carbonyl (C=O) groups is 1. The maximum atomic E-state index is 13.2. The molecule has 3 aromatic rings. The van der Waals surface area contributed by atoms with Crippen LogP contribution in [0.2, 0.25) is 0 Å². The molecule has 0 atom stereocenters. The number of fused-ring (bicyclic) bond motifs is 2. The van der Waals surface area contributed by atoms with Crippen molar-refractivity contribution < 1.29 is 9.18 Å². The van der Waals surface area contributed by atoms with E-state index in [9.17, 15) is 9.18 Å². The SMILES string of the molecule is O=C(c1cnccn1)N1Cc2ccccc2C2(CCN(c3ncc(F)cn3)CC2)C1. The first-order chi connectivity index (χ1) is 14.6. The standard InChI is InChI=1S/C22H21FN6O/c23-17-11-26-21(27-12-17)28-9-5-22(6-10-28)15-29(14-16-3-1-2-4-18(16)22)20(30)19-13-24-7-8-25-19/h1-4,7-8,11-13H,5-6,9-10,14-15H2. The van der Waals surface area contributed by atoms with E-state index in [1.54, 1.807) is 12.4 Å². The lowest BCUT2D eigenvalue weighted by Crippen LogP contribution is -2.53. The van der Waals surface area contributed by atoms with Crippen molar-refractivity contribution in [3.8, 4) is 0 Å². The number of piperidine rings is 1. The van der Waals surface area contributed by atoms with Crippen molar-refractivity contribution in [2.24, 2.45) is 0 Å². The molecule has 0 bridgehead atoms. The number of rotatable bonds is 2. The van der Waals surface area contributed by atoms with Gasteiger partial charge >= 0.3 is 0 Å². The quantitative estimate of drug-likeness (QED) is 0.654. The number of halogens is 1. The Labute approximate surface area is 173 Å². The molecule has 1 spiro atoms. The van der Waals surface area contributed by atoms with Gasteiger partial charge in [0.25, 0.3) is 5.91 Å². The fourth-order valence-electron chi connectivity index (χ4n) is 4.63. The van der Waals surface area contributed by atoms with Gasteiger partial charge in [0.1, 0.15) is 5.69 Å². The molecule has 0 N–H and O–H groups in total. The molecule has 2 aromatic heterocycles. The van der Waals surface area contributed by atoms with Crippen LogP contribution < -0.4 is 4.90 Å². The number of benzene rings is 1. The van der Waals surface area contributed by atoms with Crippen LogP contribution in [0.5, 0.6) is 0 Å². The van der Waals surface area contributed by atoms with Crippen LogP contribution in [0.3, 0.4) is 0 Å². The Kier molecular flexibility index (Phi) is 4.61. The molecule has 1 aromatic carbocycles. The molecule has 0 saturated carbocycles. The molecule has 7 nitrogen and oxygen atoms in total. The number of amides is 1. The van der Waals surface area contributed by atoms with E-state index in [-0.39, 0.29) is 11.3 Å². The molecule has 30 heavy (non-hydrogen) atoms. The van der Waals surface area contributed by atoms with E-state index in [1.165, 1.54) is 29.7 Å². The number of hydrogen-bond acceptors (Lipinski definition) is 6. The van der Waals surface area contributed by atoms with Crippen molar-refractivity contribution in [2.45, 2.75) is 24.8 Å². The number of anilines is 1. The summed E-state index contributed by atoms with van der Waals surface area (Å²) in [5, 5.41) is 0. The zero-order valence-corrected chi connectivity index (χ0v) is 16.4. The van der Waals surface area contributed by atoms with Gasteiger partial charge in [0.05, 0.1) is 18.6 Å². The third-order valence-electron chi connectivity index (χ3n) is 6.12. The molecule has 0 unspecified atom stereocenters. The van der Waals surface area contributed by atoms with Gasteiger partial charge in [0.2, 0.25) is 5.95 Å². The predicted octanol–water partition coefficient (Wildman–Crippen LogP) is 2.60. The lowest BCUT2D eigenvalue weighted by atomic mass is 9.69. The molecule has 1 amide bonds. The summed E-state index contributed by atoms with van der Waals surface area (Å²) < 4.78 is 13.2. The van der Waals surface area contributed by atoms with Crippen molar-refractivity contribution in [1.29, 1.82) is 0 Å². The van der Waals surface area contributed by atoms with Gasteiger partial charge in [-0.15, -0.1) is 0 Å². The largest absolute Gasteiger partial charge is 0.341 e. The van der Waals surface area contributed by atoms with Gasteiger partial charge in [-0.25, -0.2) is 19.3 Å². The van der Waals surface area contributed by atoms with E-state index < -0.39 is 5.82 Å². The molecule has 1 saturated heterocycles. The maximum absolute atomic E-state index is 13.2. The average molecular weight is 404 g/mol. The Balaban J connectivity index is 1.42. The van der Waals surface area contributed by atoms with Gasteiger partial charge in [-0.1, -0.05) is 24.3 Å². The van der Waals surface area contributed by atoms with Gasteiger partial charge in [-0.3, -0.25) is 9.78 Å². The molecule has 2 aliphatic rings. The number of nitrogens with zero attached hydrogens (tertiary/aromatic N) is 6. The highest BCUT2D eigenvalue weighted by Gasteiger charge is 2.43. The minimum absolute atomic E-state index is 0.0960. The van der Waals surface area contributed by atoms with Gasteiger partial charge in [-0.2, -0.15) is 0 Å². The maximum Gasteiger partial charge on any atom is 0.274 e.